The van der Waals surface area contributed by atoms with Gasteiger partial charge in [0.2, 0.25) is 5.88 Å². The summed E-state index contributed by atoms with van der Waals surface area (Å²) in [6.07, 6.45) is 3.79. The second-order valence-corrected chi connectivity index (χ2v) is 4.41. The number of aromatic nitrogens is 1. The average molecular weight is 223 g/mol. The quantitative estimate of drug-likeness (QED) is 0.567. The Morgan fingerprint density at radius 2 is 2.19 bits per heavy atom. The van der Waals surface area contributed by atoms with Gasteiger partial charge in [0, 0.05) is 18.3 Å². The molecule has 0 aliphatic carbocycles. The van der Waals surface area contributed by atoms with Gasteiger partial charge >= 0.3 is 0 Å². The van der Waals surface area contributed by atoms with Crippen LogP contribution in [-0.2, 0) is 6.42 Å². The summed E-state index contributed by atoms with van der Waals surface area (Å²) in [4.78, 5) is 4.17. The standard InChI is InChI=1S/C12H21N3O/c1-9(2)6-11(15-13)7-10-4-5-12(16-3)14-8-10/h4-5,8-9,11,15H,6-7,13H2,1-3H3. The average Bonchev–Trinajstić information content (AvgIpc) is 2.28. The van der Waals surface area contributed by atoms with E-state index in [9.17, 15) is 0 Å². The Kier molecular flexibility index (Phi) is 5.22. The van der Waals surface area contributed by atoms with E-state index >= 15 is 0 Å². The zero-order valence-electron chi connectivity index (χ0n) is 10.2. The van der Waals surface area contributed by atoms with Gasteiger partial charge in [-0.2, -0.15) is 0 Å². The van der Waals surface area contributed by atoms with Gasteiger partial charge in [-0.25, -0.2) is 4.98 Å². The summed E-state index contributed by atoms with van der Waals surface area (Å²) in [6.45, 7) is 4.38. The maximum Gasteiger partial charge on any atom is 0.212 e. The fraction of sp³-hybridized carbons (Fsp3) is 0.583. The van der Waals surface area contributed by atoms with Crippen LogP contribution in [0.15, 0.2) is 18.3 Å². The Bertz CT molecular complexity index is 298. The molecule has 1 aromatic rings. The summed E-state index contributed by atoms with van der Waals surface area (Å²) in [7, 11) is 1.62. The molecular weight excluding hydrogens is 202 g/mol. The molecule has 0 aliphatic heterocycles. The maximum absolute atomic E-state index is 5.53. The predicted octanol–water partition coefficient (Wildman–Crippen LogP) is 1.51. The minimum Gasteiger partial charge on any atom is -0.481 e. The highest BCUT2D eigenvalue weighted by Crippen LogP contribution is 2.12. The largest absolute Gasteiger partial charge is 0.481 e. The predicted molar refractivity (Wildman–Crippen MR) is 65.1 cm³/mol. The van der Waals surface area contributed by atoms with Crippen molar-refractivity contribution in [3.05, 3.63) is 23.9 Å². The highest BCUT2D eigenvalue weighted by atomic mass is 16.5. The third-order valence-corrected chi connectivity index (χ3v) is 2.48. The van der Waals surface area contributed by atoms with Crippen LogP contribution >= 0.6 is 0 Å². The zero-order valence-corrected chi connectivity index (χ0v) is 10.2. The molecule has 0 spiro atoms. The van der Waals surface area contributed by atoms with E-state index in [1.807, 2.05) is 18.3 Å². The lowest BCUT2D eigenvalue weighted by atomic mass is 9.99. The number of hydrogen-bond donors (Lipinski definition) is 2. The summed E-state index contributed by atoms with van der Waals surface area (Å²) in [5.74, 6) is 6.80. The van der Waals surface area contributed by atoms with Gasteiger partial charge in [0.05, 0.1) is 7.11 Å². The number of ether oxygens (including phenoxy) is 1. The molecule has 0 bridgehead atoms. The Morgan fingerprint density at radius 1 is 1.44 bits per heavy atom. The smallest absolute Gasteiger partial charge is 0.212 e. The fourth-order valence-corrected chi connectivity index (χ4v) is 1.72. The van der Waals surface area contributed by atoms with Crippen LogP contribution < -0.4 is 16.0 Å². The Labute approximate surface area is 97.2 Å². The molecule has 4 nitrogen and oxygen atoms in total. The van der Waals surface area contributed by atoms with Crippen molar-refractivity contribution in [3.8, 4) is 5.88 Å². The molecule has 1 aromatic heterocycles. The van der Waals surface area contributed by atoms with Gasteiger partial charge in [0.1, 0.15) is 0 Å². The van der Waals surface area contributed by atoms with E-state index in [-0.39, 0.29) is 0 Å². The van der Waals surface area contributed by atoms with Crippen LogP contribution in [0.5, 0.6) is 5.88 Å². The van der Waals surface area contributed by atoms with Crippen LogP contribution in [0, 0.1) is 5.92 Å². The first-order valence-corrected chi connectivity index (χ1v) is 5.60. The summed E-state index contributed by atoms with van der Waals surface area (Å²) < 4.78 is 5.01. The van der Waals surface area contributed by atoms with Crippen molar-refractivity contribution in [2.24, 2.45) is 11.8 Å². The van der Waals surface area contributed by atoms with E-state index in [1.165, 1.54) is 5.56 Å². The molecule has 0 aliphatic rings. The molecule has 0 amide bonds. The van der Waals surface area contributed by atoms with E-state index in [0.29, 0.717) is 17.8 Å². The third kappa shape index (κ3) is 4.16. The Balaban J connectivity index is 2.56. The molecule has 0 saturated carbocycles. The Hall–Kier alpha value is -1.13. The van der Waals surface area contributed by atoms with E-state index in [1.54, 1.807) is 7.11 Å². The van der Waals surface area contributed by atoms with Crippen LogP contribution in [0.25, 0.3) is 0 Å². The minimum absolute atomic E-state index is 0.301. The van der Waals surface area contributed by atoms with Crippen molar-refractivity contribution in [1.82, 2.24) is 10.4 Å². The highest BCUT2D eigenvalue weighted by Gasteiger charge is 2.10. The first-order valence-electron chi connectivity index (χ1n) is 5.60. The summed E-state index contributed by atoms with van der Waals surface area (Å²) in [5, 5.41) is 0. The fourth-order valence-electron chi connectivity index (χ4n) is 1.72. The zero-order chi connectivity index (χ0) is 12.0. The van der Waals surface area contributed by atoms with Gasteiger partial charge in [-0.3, -0.25) is 11.3 Å². The lowest BCUT2D eigenvalue weighted by Gasteiger charge is -2.17. The number of nitrogens with one attached hydrogen (secondary N) is 1. The summed E-state index contributed by atoms with van der Waals surface area (Å²) in [5.41, 5.74) is 4.02. The van der Waals surface area contributed by atoms with Gasteiger partial charge < -0.3 is 4.74 Å². The first kappa shape index (κ1) is 12.9. The number of nitrogens with zero attached hydrogens (tertiary/aromatic N) is 1. The van der Waals surface area contributed by atoms with Crippen molar-refractivity contribution in [2.75, 3.05) is 7.11 Å². The molecule has 0 radical (unpaired) electrons. The number of rotatable bonds is 6. The molecule has 16 heavy (non-hydrogen) atoms. The van der Waals surface area contributed by atoms with E-state index in [0.717, 1.165) is 12.8 Å². The maximum atomic E-state index is 5.53. The minimum atomic E-state index is 0.301. The number of hydrazine groups is 1. The first-order chi connectivity index (χ1) is 7.65. The molecule has 1 unspecified atom stereocenters. The molecule has 0 fully saturated rings. The molecule has 1 heterocycles. The second kappa shape index (κ2) is 6.45. The van der Waals surface area contributed by atoms with Crippen LogP contribution in [0.4, 0.5) is 0 Å². The monoisotopic (exact) mass is 223 g/mol. The van der Waals surface area contributed by atoms with Crippen molar-refractivity contribution in [3.63, 3.8) is 0 Å². The highest BCUT2D eigenvalue weighted by molar-refractivity contribution is 5.18. The Morgan fingerprint density at radius 3 is 2.62 bits per heavy atom. The van der Waals surface area contributed by atoms with E-state index < -0.39 is 0 Å². The van der Waals surface area contributed by atoms with Crippen LogP contribution in [0.3, 0.4) is 0 Å². The van der Waals surface area contributed by atoms with Crippen LogP contribution in [0.2, 0.25) is 0 Å². The number of nitrogens with two attached hydrogens (primary N) is 1. The molecule has 3 N–H and O–H groups in total. The second-order valence-electron chi connectivity index (χ2n) is 4.41. The summed E-state index contributed by atoms with van der Waals surface area (Å²) in [6, 6.07) is 4.20. The molecule has 1 atom stereocenters. The van der Waals surface area contributed by atoms with Gasteiger partial charge in [-0.1, -0.05) is 19.9 Å². The lowest BCUT2D eigenvalue weighted by Crippen LogP contribution is -2.37. The van der Waals surface area contributed by atoms with E-state index in [4.69, 9.17) is 10.6 Å². The summed E-state index contributed by atoms with van der Waals surface area (Å²) >= 11 is 0. The van der Waals surface area contributed by atoms with Crippen LogP contribution in [-0.4, -0.2) is 18.1 Å². The SMILES string of the molecule is COc1ccc(CC(CC(C)C)NN)cn1. The van der Waals surface area contributed by atoms with Crippen molar-refractivity contribution < 1.29 is 4.74 Å². The van der Waals surface area contributed by atoms with Crippen LogP contribution in [0.1, 0.15) is 25.8 Å². The van der Waals surface area contributed by atoms with Gasteiger partial charge in [-0.05, 0) is 24.3 Å². The molecule has 0 aromatic carbocycles. The number of pyridine rings is 1. The van der Waals surface area contributed by atoms with Gasteiger partial charge in [0.15, 0.2) is 0 Å². The molecule has 0 saturated heterocycles. The number of methoxy groups -OCH3 is 1. The molecule has 90 valence electrons. The molecule has 4 heteroatoms. The topological polar surface area (TPSA) is 60.2 Å². The normalized spacial score (nSPS) is 12.8. The van der Waals surface area contributed by atoms with Gasteiger partial charge in [-0.15, -0.1) is 0 Å². The third-order valence-electron chi connectivity index (χ3n) is 2.48. The van der Waals surface area contributed by atoms with Crippen molar-refractivity contribution in [2.45, 2.75) is 32.7 Å². The lowest BCUT2D eigenvalue weighted by molar-refractivity contribution is 0.396. The molecular formula is C12H21N3O. The number of hydrogen-bond acceptors (Lipinski definition) is 4. The van der Waals surface area contributed by atoms with Crippen molar-refractivity contribution >= 4 is 0 Å². The molecule has 1 rings (SSSR count). The van der Waals surface area contributed by atoms with Crippen molar-refractivity contribution in [1.29, 1.82) is 0 Å². The van der Waals surface area contributed by atoms with E-state index in [2.05, 4.69) is 24.3 Å². The van der Waals surface area contributed by atoms with Gasteiger partial charge in [0.25, 0.3) is 0 Å².